The fraction of sp³-hybridized carbons (Fsp3) is 0.263. The van der Waals surface area contributed by atoms with Crippen LogP contribution >= 0.6 is 0 Å². The van der Waals surface area contributed by atoms with E-state index in [9.17, 15) is 8.42 Å². The predicted molar refractivity (Wildman–Crippen MR) is 101 cm³/mol. The highest BCUT2D eigenvalue weighted by Crippen LogP contribution is 2.26. The minimum Gasteiger partial charge on any atom is -0.493 e. The first-order valence-corrected chi connectivity index (χ1v) is 10.4. The maximum Gasteiger partial charge on any atom is 0.212 e. The monoisotopic (exact) mass is 384 g/mol. The molecule has 2 aromatic heterocycles. The van der Waals surface area contributed by atoms with Gasteiger partial charge in [-0.05, 0) is 47.4 Å². The van der Waals surface area contributed by atoms with Crippen molar-refractivity contribution >= 4 is 10.0 Å². The van der Waals surface area contributed by atoms with Gasteiger partial charge in [0.2, 0.25) is 10.0 Å². The summed E-state index contributed by atoms with van der Waals surface area (Å²) in [6.07, 6.45) is 6.46. The molecule has 0 atom stereocenters. The molecule has 1 aliphatic rings. The van der Waals surface area contributed by atoms with Gasteiger partial charge in [0.25, 0.3) is 0 Å². The number of aromatic nitrogens is 3. The van der Waals surface area contributed by atoms with Crippen LogP contribution in [0.5, 0.6) is 5.75 Å². The van der Waals surface area contributed by atoms with Crippen molar-refractivity contribution in [3.63, 3.8) is 0 Å². The summed E-state index contributed by atoms with van der Waals surface area (Å²) in [5.74, 6) is 1.60. The molecule has 1 aliphatic heterocycles. The number of fused-ring (bicyclic) bond motifs is 1. The van der Waals surface area contributed by atoms with Gasteiger partial charge in [-0.15, -0.1) is 0 Å². The van der Waals surface area contributed by atoms with Gasteiger partial charge in [0.1, 0.15) is 5.75 Å². The Kier molecular flexibility index (Phi) is 4.91. The lowest BCUT2D eigenvalue weighted by Gasteiger charge is -2.09. The molecule has 0 unspecified atom stereocenters. The number of nitrogens with zero attached hydrogens (tertiary/aromatic N) is 3. The molecule has 0 amide bonds. The Morgan fingerprint density at radius 1 is 1.15 bits per heavy atom. The second-order valence-corrected chi connectivity index (χ2v) is 8.33. The van der Waals surface area contributed by atoms with Crippen molar-refractivity contribution in [2.24, 2.45) is 0 Å². The molecule has 0 aliphatic carbocycles. The summed E-state index contributed by atoms with van der Waals surface area (Å²) in [7, 11) is -3.38. The molecule has 0 radical (unpaired) electrons. The van der Waals surface area contributed by atoms with E-state index in [0.29, 0.717) is 18.8 Å². The van der Waals surface area contributed by atoms with E-state index in [0.717, 1.165) is 28.9 Å². The van der Waals surface area contributed by atoms with Gasteiger partial charge in [0, 0.05) is 31.6 Å². The number of pyridine rings is 1. The number of sulfonamides is 1. The van der Waals surface area contributed by atoms with E-state index in [2.05, 4.69) is 14.8 Å². The predicted octanol–water partition coefficient (Wildman–Crippen LogP) is 1.86. The Bertz CT molecular complexity index is 1030. The average Bonchev–Trinajstić information content (AvgIpc) is 3.36. The lowest BCUT2D eigenvalue weighted by atomic mass is 10.1. The number of hydrogen-bond donors (Lipinski definition) is 1. The molecule has 140 valence electrons. The first-order valence-electron chi connectivity index (χ1n) is 8.76. The second kappa shape index (κ2) is 7.50. The molecule has 1 N–H and O–H groups in total. The first-order chi connectivity index (χ1) is 13.1. The van der Waals surface area contributed by atoms with Crippen molar-refractivity contribution in [2.45, 2.75) is 19.4 Å². The molecular formula is C19H20N4O3S. The van der Waals surface area contributed by atoms with E-state index < -0.39 is 10.0 Å². The zero-order chi connectivity index (χ0) is 18.7. The molecule has 3 aromatic rings. The molecule has 8 heteroatoms. The molecule has 7 nitrogen and oxygen atoms in total. The lowest BCUT2D eigenvalue weighted by Crippen LogP contribution is -2.27. The molecule has 0 saturated carbocycles. The average molecular weight is 384 g/mol. The maximum absolute atomic E-state index is 12.4. The van der Waals surface area contributed by atoms with Crippen molar-refractivity contribution in [1.29, 1.82) is 0 Å². The van der Waals surface area contributed by atoms with E-state index in [1.165, 1.54) is 0 Å². The van der Waals surface area contributed by atoms with Gasteiger partial charge in [-0.25, -0.2) is 22.8 Å². The highest BCUT2D eigenvalue weighted by molar-refractivity contribution is 7.89. The summed E-state index contributed by atoms with van der Waals surface area (Å²) in [5.41, 5.74) is 2.99. The third-order valence-electron chi connectivity index (χ3n) is 4.46. The number of rotatable bonds is 7. The first kappa shape index (κ1) is 17.7. The minimum atomic E-state index is -3.38. The largest absolute Gasteiger partial charge is 0.493 e. The van der Waals surface area contributed by atoms with Gasteiger partial charge in [-0.3, -0.25) is 0 Å². The van der Waals surface area contributed by atoms with Gasteiger partial charge in [-0.1, -0.05) is 12.1 Å². The number of ether oxygens (including phenoxy) is 1. The highest BCUT2D eigenvalue weighted by Gasteiger charge is 2.14. The smallest absolute Gasteiger partial charge is 0.212 e. The van der Waals surface area contributed by atoms with Crippen LogP contribution in [-0.4, -0.2) is 35.5 Å². The summed E-state index contributed by atoms with van der Waals surface area (Å²) < 4.78 is 34.5. The van der Waals surface area contributed by atoms with Crippen LogP contribution in [0.4, 0.5) is 0 Å². The molecular weight excluding hydrogens is 364 g/mol. The Balaban J connectivity index is 1.35. The van der Waals surface area contributed by atoms with Gasteiger partial charge < -0.3 is 4.74 Å². The van der Waals surface area contributed by atoms with E-state index in [-0.39, 0.29) is 12.3 Å². The Hall–Kier alpha value is -2.71. The van der Waals surface area contributed by atoms with Crippen LogP contribution in [0, 0.1) is 0 Å². The van der Waals surface area contributed by atoms with Gasteiger partial charge in [0.15, 0.2) is 5.82 Å². The van der Waals surface area contributed by atoms with Crippen molar-refractivity contribution < 1.29 is 13.2 Å². The zero-order valence-electron chi connectivity index (χ0n) is 14.7. The van der Waals surface area contributed by atoms with Crippen molar-refractivity contribution in [2.75, 3.05) is 12.4 Å². The molecule has 3 heterocycles. The minimum absolute atomic E-state index is 0.0454. The molecule has 1 aromatic carbocycles. The van der Waals surface area contributed by atoms with Crippen LogP contribution in [-0.2, 0) is 29.4 Å². The van der Waals surface area contributed by atoms with Crippen LogP contribution < -0.4 is 9.46 Å². The fourth-order valence-corrected chi connectivity index (χ4v) is 4.05. The third kappa shape index (κ3) is 4.35. The number of nitrogens with one attached hydrogen (secondary N) is 1. The number of benzene rings is 1. The summed E-state index contributed by atoms with van der Waals surface area (Å²) in [4.78, 5) is 4.24. The second-order valence-electron chi connectivity index (χ2n) is 6.40. The molecule has 0 saturated heterocycles. The summed E-state index contributed by atoms with van der Waals surface area (Å²) in [6, 6.07) is 11.3. The Morgan fingerprint density at radius 3 is 2.93 bits per heavy atom. The maximum atomic E-state index is 12.4. The zero-order valence-corrected chi connectivity index (χ0v) is 15.5. The number of aryl methyl sites for hydroxylation is 1. The molecule has 27 heavy (non-hydrogen) atoms. The van der Waals surface area contributed by atoms with Crippen LogP contribution in [0.2, 0.25) is 0 Å². The lowest BCUT2D eigenvalue weighted by molar-refractivity contribution is 0.357. The van der Waals surface area contributed by atoms with Crippen LogP contribution in [0.3, 0.4) is 0 Å². The van der Waals surface area contributed by atoms with Gasteiger partial charge in [0.05, 0.1) is 12.4 Å². The molecule has 0 fully saturated rings. The SMILES string of the molecule is O=S(=O)(CCc1ccc2c(c1)CCO2)NCc1ccnc(-n2cccn2)c1. The summed E-state index contributed by atoms with van der Waals surface area (Å²) in [5, 5.41) is 4.13. The Labute approximate surface area is 158 Å². The van der Waals surface area contributed by atoms with Crippen molar-refractivity contribution in [3.05, 3.63) is 71.7 Å². The molecule has 0 bridgehead atoms. The van der Waals surface area contributed by atoms with Crippen molar-refractivity contribution in [1.82, 2.24) is 19.5 Å². The fourth-order valence-electron chi connectivity index (χ4n) is 3.01. The molecule has 4 rings (SSSR count). The van der Waals surface area contributed by atoms with Crippen molar-refractivity contribution in [3.8, 4) is 11.6 Å². The Morgan fingerprint density at radius 2 is 2.07 bits per heavy atom. The van der Waals surface area contributed by atoms with Gasteiger partial charge in [-0.2, -0.15) is 5.10 Å². The van der Waals surface area contributed by atoms with Gasteiger partial charge >= 0.3 is 0 Å². The summed E-state index contributed by atoms with van der Waals surface area (Å²) in [6.45, 7) is 0.919. The topological polar surface area (TPSA) is 86.1 Å². The standard InChI is InChI=1S/C19H20N4O3S/c24-27(25,11-6-15-2-3-18-17(12-15)5-10-26-18)22-14-16-4-8-20-19(13-16)23-9-1-7-21-23/h1-4,7-9,12-13,22H,5-6,10-11,14H2. The quantitative estimate of drug-likeness (QED) is 0.672. The van der Waals surface area contributed by atoms with E-state index in [4.69, 9.17) is 4.74 Å². The number of hydrogen-bond acceptors (Lipinski definition) is 5. The van der Waals surface area contributed by atoms with E-state index in [1.54, 1.807) is 29.3 Å². The van der Waals surface area contributed by atoms with Crippen LogP contribution in [0.25, 0.3) is 5.82 Å². The van der Waals surface area contributed by atoms with Crippen LogP contribution in [0.15, 0.2) is 55.0 Å². The third-order valence-corrected chi connectivity index (χ3v) is 5.78. The summed E-state index contributed by atoms with van der Waals surface area (Å²) >= 11 is 0. The highest BCUT2D eigenvalue weighted by atomic mass is 32.2. The normalized spacial score (nSPS) is 13.3. The molecule has 0 spiro atoms. The van der Waals surface area contributed by atoms with E-state index in [1.807, 2.05) is 30.3 Å². The van der Waals surface area contributed by atoms with E-state index >= 15 is 0 Å². The van der Waals surface area contributed by atoms with Crippen LogP contribution in [0.1, 0.15) is 16.7 Å².